The molecule has 138 valence electrons. The highest BCUT2D eigenvalue weighted by Gasteiger charge is 2.21. The summed E-state index contributed by atoms with van der Waals surface area (Å²) in [6, 6.07) is 13.8. The molecular weight excluding hydrogens is 369 g/mol. The Bertz CT molecular complexity index is 773. The van der Waals surface area contributed by atoms with Crippen molar-refractivity contribution >= 4 is 34.9 Å². The van der Waals surface area contributed by atoms with Crippen molar-refractivity contribution in [2.45, 2.75) is 13.3 Å². The molecular formula is C20H23Cl2N3O. The van der Waals surface area contributed by atoms with Crippen LogP contribution in [0.1, 0.15) is 11.1 Å². The van der Waals surface area contributed by atoms with Gasteiger partial charge in [0.05, 0.1) is 0 Å². The molecule has 6 heteroatoms. The second-order valence-electron chi connectivity index (χ2n) is 6.52. The van der Waals surface area contributed by atoms with E-state index in [9.17, 15) is 4.79 Å². The van der Waals surface area contributed by atoms with E-state index in [1.807, 2.05) is 48.2 Å². The van der Waals surface area contributed by atoms with E-state index in [1.165, 1.54) is 0 Å². The third-order valence-electron chi connectivity index (χ3n) is 4.67. The van der Waals surface area contributed by atoms with Crippen molar-refractivity contribution in [2.24, 2.45) is 0 Å². The number of nitrogens with zero attached hydrogens (tertiary/aromatic N) is 2. The van der Waals surface area contributed by atoms with Gasteiger partial charge < -0.3 is 15.1 Å². The monoisotopic (exact) mass is 391 g/mol. The molecule has 0 unspecified atom stereocenters. The van der Waals surface area contributed by atoms with Gasteiger partial charge in [-0.3, -0.25) is 0 Å². The van der Waals surface area contributed by atoms with E-state index in [2.05, 4.69) is 16.3 Å². The molecule has 1 aliphatic rings. The van der Waals surface area contributed by atoms with Gasteiger partial charge in [-0.15, -0.1) is 0 Å². The van der Waals surface area contributed by atoms with E-state index in [0.717, 1.165) is 46.4 Å². The summed E-state index contributed by atoms with van der Waals surface area (Å²) in [4.78, 5) is 16.5. The normalized spacial score (nSPS) is 14.4. The highest BCUT2D eigenvalue weighted by atomic mass is 35.5. The molecule has 2 aromatic rings. The highest BCUT2D eigenvalue weighted by Crippen LogP contribution is 2.24. The van der Waals surface area contributed by atoms with Gasteiger partial charge >= 0.3 is 6.03 Å². The van der Waals surface area contributed by atoms with E-state index >= 15 is 0 Å². The molecule has 1 N–H and O–H groups in total. The first-order valence-corrected chi connectivity index (χ1v) is 9.57. The van der Waals surface area contributed by atoms with Crippen LogP contribution in [0.3, 0.4) is 0 Å². The van der Waals surface area contributed by atoms with Gasteiger partial charge in [0.15, 0.2) is 0 Å². The Morgan fingerprint density at radius 3 is 2.54 bits per heavy atom. The summed E-state index contributed by atoms with van der Waals surface area (Å²) >= 11 is 12.2. The number of halogens is 2. The van der Waals surface area contributed by atoms with E-state index in [1.54, 1.807) is 0 Å². The molecule has 0 aliphatic carbocycles. The first-order valence-electron chi connectivity index (χ1n) is 8.81. The van der Waals surface area contributed by atoms with Gasteiger partial charge in [0, 0.05) is 48.5 Å². The number of piperazine rings is 1. The van der Waals surface area contributed by atoms with Gasteiger partial charge in [-0.1, -0.05) is 41.4 Å². The molecule has 0 radical (unpaired) electrons. The van der Waals surface area contributed by atoms with Gasteiger partial charge in [-0.2, -0.15) is 0 Å². The lowest BCUT2D eigenvalue weighted by Crippen LogP contribution is -2.52. The third kappa shape index (κ3) is 4.83. The van der Waals surface area contributed by atoms with Crippen LogP contribution in [0.4, 0.5) is 10.5 Å². The summed E-state index contributed by atoms with van der Waals surface area (Å²) in [5, 5.41) is 4.50. The second-order valence-corrected chi connectivity index (χ2v) is 7.36. The predicted molar refractivity (Wildman–Crippen MR) is 109 cm³/mol. The number of aryl methyl sites for hydroxylation is 1. The highest BCUT2D eigenvalue weighted by molar-refractivity contribution is 6.31. The molecule has 3 rings (SSSR count). The van der Waals surface area contributed by atoms with Gasteiger partial charge in [0.25, 0.3) is 0 Å². The smallest absolute Gasteiger partial charge is 0.317 e. The van der Waals surface area contributed by atoms with Crippen LogP contribution in [0.15, 0.2) is 42.5 Å². The number of nitrogens with one attached hydrogen (secondary N) is 1. The number of carbonyl (C=O) groups excluding carboxylic acids is 1. The topological polar surface area (TPSA) is 35.6 Å². The predicted octanol–water partition coefficient (Wildman–Crippen LogP) is 4.38. The Balaban J connectivity index is 1.45. The average molecular weight is 392 g/mol. The van der Waals surface area contributed by atoms with Gasteiger partial charge in [-0.05, 0) is 48.7 Å². The van der Waals surface area contributed by atoms with E-state index in [4.69, 9.17) is 23.2 Å². The van der Waals surface area contributed by atoms with Gasteiger partial charge in [0.2, 0.25) is 0 Å². The van der Waals surface area contributed by atoms with Crippen LogP contribution in [-0.2, 0) is 6.42 Å². The van der Waals surface area contributed by atoms with E-state index in [-0.39, 0.29) is 6.03 Å². The summed E-state index contributed by atoms with van der Waals surface area (Å²) in [6.45, 7) is 5.62. The van der Waals surface area contributed by atoms with E-state index in [0.29, 0.717) is 19.6 Å². The Kier molecular flexibility index (Phi) is 6.28. The number of rotatable bonds is 4. The van der Waals surface area contributed by atoms with Crippen LogP contribution in [0, 0.1) is 6.92 Å². The average Bonchev–Trinajstić information content (AvgIpc) is 2.64. The minimum absolute atomic E-state index is 0.00591. The van der Waals surface area contributed by atoms with Crippen molar-refractivity contribution in [2.75, 3.05) is 37.6 Å². The zero-order chi connectivity index (χ0) is 18.5. The van der Waals surface area contributed by atoms with Gasteiger partial charge in [-0.25, -0.2) is 4.79 Å². The van der Waals surface area contributed by atoms with Crippen molar-refractivity contribution in [1.29, 1.82) is 0 Å². The maximum Gasteiger partial charge on any atom is 0.317 e. The standard InChI is InChI=1S/C20H23Cl2N3O/c1-15-5-6-18(14-19(15)22)24-9-11-25(12-10-24)20(26)23-8-7-16-3-2-4-17(21)13-16/h2-6,13-14H,7-12H2,1H3,(H,23,26). The van der Waals surface area contributed by atoms with Crippen LogP contribution in [0.25, 0.3) is 0 Å². The molecule has 1 saturated heterocycles. The van der Waals surface area contributed by atoms with E-state index < -0.39 is 0 Å². The van der Waals surface area contributed by atoms with Crippen LogP contribution >= 0.6 is 23.2 Å². The molecule has 2 aromatic carbocycles. The molecule has 1 fully saturated rings. The summed E-state index contributed by atoms with van der Waals surface area (Å²) in [5.74, 6) is 0. The molecule has 0 saturated carbocycles. The fourth-order valence-electron chi connectivity index (χ4n) is 3.06. The van der Waals surface area contributed by atoms with Crippen molar-refractivity contribution < 1.29 is 4.79 Å². The summed E-state index contributed by atoms with van der Waals surface area (Å²) < 4.78 is 0. The molecule has 2 amide bonds. The van der Waals surface area contributed by atoms with Crippen molar-refractivity contribution in [3.8, 4) is 0 Å². The van der Waals surface area contributed by atoms with Crippen LogP contribution in [-0.4, -0.2) is 43.7 Å². The van der Waals surface area contributed by atoms with Crippen LogP contribution in [0.2, 0.25) is 10.0 Å². The Morgan fingerprint density at radius 2 is 1.85 bits per heavy atom. The first-order chi connectivity index (χ1) is 12.5. The lowest BCUT2D eigenvalue weighted by Gasteiger charge is -2.36. The zero-order valence-electron chi connectivity index (χ0n) is 14.8. The lowest BCUT2D eigenvalue weighted by atomic mass is 10.1. The number of urea groups is 1. The fraction of sp³-hybridized carbons (Fsp3) is 0.350. The number of benzene rings is 2. The zero-order valence-corrected chi connectivity index (χ0v) is 16.4. The number of hydrogen-bond donors (Lipinski definition) is 1. The molecule has 0 spiro atoms. The SMILES string of the molecule is Cc1ccc(N2CCN(C(=O)NCCc3cccc(Cl)c3)CC2)cc1Cl. The molecule has 0 aromatic heterocycles. The minimum atomic E-state index is -0.00591. The van der Waals surface area contributed by atoms with Crippen LogP contribution < -0.4 is 10.2 Å². The molecule has 1 aliphatic heterocycles. The Labute approximate surface area is 164 Å². The molecule has 1 heterocycles. The number of carbonyl (C=O) groups is 1. The first kappa shape index (κ1) is 18.9. The van der Waals surface area contributed by atoms with Crippen molar-refractivity contribution in [1.82, 2.24) is 10.2 Å². The van der Waals surface area contributed by atoms with Gasteiger partial charge in [0.1, 0.15) is 0 Å². The second kappa shape index (κ2) is 8.65. The van der Waals surface area contributed by atoms with Crippen molar-refractivity contribution in [3.63, 3.8) is 0 Å². The van der Waals surface area contributed by atoms with Crippen molar-refractivity contribution in [3.05, 3.63) is 63.6 Å². The fourth-order valence-corrected chi connectivity index (χ4v) is 3.45. The maximum absolute atomic E-state index is 12.3. The molecule has 26 heavy (non-hydrogen) atoms. The molecule has 0 atom stereocenters. The Hall–Kier alpha value is -1.91. The minimum Gasteiger partial charge on any atom is -0.368 e. The summed E-state index contributed by atoms with van der Waals surface area (Å²) in [6.07, 6.45) is 0.772. The largest absolute Gasteiger partial charge is 0.368 e. The lowest BCUT2D eigenvalue weighted by molar-refractivity contribution is 0.194. The molecule has 0 bridgehead atoms. The Morgan fingerprint density at radius 1 is 1.08 bits per heavy atom. The van der Waals surface area contributed by atoms with Crippen LogP contribution in [0.5, 0.6) is 0 Å². The maximum atomic E-state index is 12.3. The summed E-state index contributed by atoms with van der Waals surface area (Å²) in [7, 11) is 0. The third-order valence-corrected chi connectivity index (χ3v) is 5.31. The number of anilines is 1. The quantitative estimate of drug-likeness (QED) is 0.839. The number of hydrogen-bond acceptors (Lipinski definition) is 2. The molecule has 4 nitrogen and oxygen atoms in total. The number of amides is 2. The summed E-state index contributed by atoms with van der Waals surface area (Å²) in [5.41, 5.74) is 3.31.